The predicted molar refractivity (Wildman–Crippen MR) is 129 cm³/mol. The summed E-state index contributed by atoms with van der Waals surface area (Å²) < 4.78 is 6.49. The molecule has 1 heterocycles. The minimum atomic E-state index is -0.590. The normalized spacial score (nSPS) is 48.6. The van der Waals surface area contributed by atoms with Crippen molar-refractivity contribution in [1.82, 2.24) is 0 Å². The molecule has 0 unspecified atom stereocenters. The Morgan fingerprint density at radius 2 is 1.67 bits per heavy atom. The third-order valence-corrected chi connectivity index (χ3v) is 10.2. The van der Waals surface area contributed by atoms with E-state index in [1.54, 1.807) is 0 Å². The van der Waals surface area contributed by atoms with Gasteiger partial charge in [-0.25, -0.2) is 0 Å². The van der Waals surface area contributed by atoms with Gasteiger partial charge in [-0.15, -0.1) is 0 Å². The van der Waals surface area contributed by atoms with E-state index >= 15 is 0 Å². The maximum absolute atomic E-state index is 12.9. The Morgan fingerprint density at radius 3 is 2.36 bits per heavy atom. The van der Waals surface area contributed by atoms with Crippen LogP contribution in [0.15, 0.2) is 11.6 Å². The van der Waals surface area contributed by atoms with Crippen LogP contribution in [0.5, 0.6) is 0 Å². The largest absolute Gasteiger partial charge is 0.393 e. The summed E-state index contributed by atoms with van der Waals surface area (Å²) in [6, 6.07) is 0. The highest BCUT2D eigenvalue weighted by Crippen LogP contribution is 2.55. The molecule has 9 atom stereocenters. The molecule has 0 aromatic rings. The van der Waals surface area contributed by atoms with Crippen molar-refractivity contribution in [2.75, 3.05) is 0 Å². The van der Waals surface area contributed by atoms with Gasteiger partial charge in [0.05, 0.1) is 30.0 Å². The molecule has 3 saturated carbocycles. The van der Waals surface area contributed by atoms with Gasteiger partial charge in [-0.05, 0) is 87.4 Å². The summed E-state index contributed by atoms with van der Waals surface area (Å²) in [5, 5.41) is 32.6. The summed E-state index contributed by atoms with van der Waals surface area (Å²) >= 11 is 0. The van der Waals surface area contributed by atoms with Gasteiger partial charge in [-0.2, -0.15) is 0 Å². The molecule has 0 amide bonds. The molecule has 5 nitrogen and oxygen atoms in total. The molecule has 1 saturated heterocycles. The van der Waals surface area contributed by atoms with E-state index in [0.29, 0.717) is 25.7 Å². The van der Waals surface area contributed by atoms with Crippen LogP contribution in [0.3, 0.4) is 0 Å². The minimum Gasteiger partial charge on any atom is -0.393 e. The molecule has 5 heteroatoms. The Balaban J connectivity index is 1.66. The number of ketones is 1. The van der Waals surface area contributed by atoms with Gasteiger partial charge < -0.3 is 20.1 Å². The lowest BCUT2D eigenvalue weighted by Gasteiger charge is -2.52. The zero-order valence-electron chi connectivity index (χ0n) is 21.5. The summed E-state index contributed by atoms with van der Waals surface area (Å²) in [7, 11) is 0. The topological polar surface area (TPSA) is 87.0 Å². The fourth-order valence-electron chi connectivity index (χ4n) is 7.81. The van der Waals surface area contributed by atoms with Crippen molar-refractivity contribution in [1.29, 1.82) is 0 Å². The van der Waals surface area contributed by atoms with Gasteiger partial charge in [-0.3, -0.25) is 4.79 Å². The standard InChI is InChI=1S/C28H46O5/c1-16-17(25-18(15-22(16)31)20(29)11-13-26(25,2)3)7-8-19-21(30)9-10-24-28(19,6)14-12-23(32)27(4,5)33-24/h7,16,18-21,23-25,29-30,32H,8-15H2,1-6H3/t16-,18+,19+,20+,21-,23-,24-,25-,28-/m0/s1. The van der Waals surface area contributed by atoms with E-state index < -0.39 is 23.9 Å². The Morgan fingerprint density at radius 1 is 0.970 bits per heavy atom. The number of aliphatic hydroxyl groups excluding tert-OH is 3. The molecule has 0 aromatic carbocycles. The molecule has 0 aromatic heterocycles. The number of carbonyl (C=O) groups excluding carboxylic acids is 1. The molecular formula is C28H46O5. The highest BCUT2D eigenvalue weighted by molar-refractivity contribution is 5.85. The van der Waals surface area contributed by atoms with Crippen LogP contribution < -0.4 is 0 Å². The fourth-order valence-corrected chi connectivity index (χ4v) is 7.81. The van der Waals surface area contributed by atoms with Gasteiger partial charge >= 0.3 is 0 Å². The summed E-state index contributed by atoms with van der Waals surface area (Å²) in [4.78, 5) is 12.9. The van der Waals surface area contributed by atoms with Crippen molar-refractivity contribution in [2.24, 2.45) is 34.5 Å². The predicted octanol–water partition coefficient (Wildman–Crippen LogP) is 4.42. The van der Waals surface area contributed by atoms with Crippen LogP contribution in [-0.4, -0.2) is 51.1 Å². The van der Waals surface area contributed by atoms with E-state index in [0.717, 1.165) is 25.7 Å². The SMILES string of the molecule is C[C@@H]1C(=O)C[C@@H]2[C@H](O)CCC(C)(C)[C@H]2C1=CC[C@@H]1[C@@H](O)CC[C@@H]2OC(C)(C)[C@@H](O)CC[C@]21C. The van der Waals surface area contributed by atoms with Gasteiger partial charge in [0.2, 0.25) is 0 Å². The van der Waals surface area contributed by atoms with Gasteiger partial charge in [0.15, 0.2) is 0 Å². The summed E-state index contributed by atoms with van der Waals surface area (Å²) in [5.41, 5.74) is 0.398. The first kappa shape index (κ1) is 25.3. The maximum Gasteiger partial charge on any atom is 0.140 e. The molecule has 0 radical (unpaired) electrons. The second-order valence-electron chi connectivity index (χ2n) is 13.1. The van der Waals surface area contributed by atoms with E-state index in [2.05, 4.69) is 26.8 Å². The van der Waals surface area contributed by atoms with E-state index in [9.17, 15) is 20.1 Å². The molecule has 33 heavy (non-hydrogen) atoms. The molecule has 4 aliphatic rings. The lowest BCUT2D eigenvalue weighted by molar-refractivity contribution is -0.184. The first-order valence-electron chi connectivity index (χ1n) is 13.2. The summed E-state index contributed by atoms with van der Waals surface area (Å²) in [6.07, 6.45) is 6.80. The van der Waals surface area contributed by atoms with E-state index in [1.165, 1.54) is 5.57 Å². The molecule has 4 rings (SSSR count). The van der Waals surface area contributed by atoms with Crippen molar-refractivity contribution in [3.63, 3.8) is 0 Å². The van der Waals surface area contributed by atoms with Crippen molar-refractivity contribution in [3.8, 4) is 0 Å². The molecule has 0 bridgehead atoms. The average molecular weight is 463 g/mol. The first-order chi connectivity index (χ1) is 15.3. The van der Waals surface area contributed by atoms with E-state index in [4.69, 9.17) is 4.74 Å². The number of allylic oxidation sites excluding steroid dienone is 2. The number of carbonyl (C=O) groups is 1. The van der Waals surface area contributed by atoms with E-state index in [1.807, 2.05) is 20.8 Å². The van der Waals surface area contributed by atoms with Crippen LogP contribution in [0.2, 0.25) is 0 Å². The van der Waals surface area contributed by atoms with Crippen LogP contribution in [0, 0.1) is 34.5 Å². The van der Waals surface area contributed by atoms with Crippen molar-refractivity contribution in [2.45, 2.75) is 123 Å². The molecule has 1 aliphatic heterocycles. The highest BCUT2D eigenvalue weighted by atomic mass is 16.5. The number of aliphatic hydroxyl groups is 3. The fraction of sp³-hybridized carbons (Fsp3) is 0.893. The number of Topliss-reactive ketones (excluding diaryl/α,β-unsaturated/α-hetero) is 1. The van der Waals surface area contributed by atoms with Crippen LogP contribution >= 0.6 is 0 Å². The molecule has 188 valence electrons. The Hall–Kier alpha value is -0.750. The van der Waals surface area contributed by atoms with Gasteiger partial charge in [0.25, 0.3) is 0 Å². The number of fused-ring (bicyclic) bond motifs is 2. The zero-order chi connectivity index (χ0) is 24.3. The minimum absolute atomic E-state index is 0.000440. The Bertz CT molecular complexity index is 785. The van der Waals surface area contributed by atoms with Crippen molar-refractivity contribution >= 4 is 5.78 Å². The lowest BCUT2D eigenvalue weighted by Crippen LogP contribution is -2.52. The van der Waals surface area contributed by atoms with Crippen LogP contribution in [0.25, 0.3) is 0 Å². The number of hydrogen-bond acceptors (Lipinski definition) is 5. The van der Waals surface area contributed by atoms with E-state index in [-0.39, 0.29) is 46.4 Å². The lowest BCUT2D eigenvalue weighted by atomic mass is 9.53. The maximum atomic E-state index is 12.9. The van der Waals surface area contributed by atoms with Gasteiger partial charge in [0.1, 0.15) is 5.78 Å². The van der Waals surface area contributed by atoms with Crippen LogP contribution in [0.4, 0.5) is 0 Å². The molecular weight excluding hydrogens is 416 g/mol. The second kappa shape index (κ2) is 8.72. The first-order valence-corrected chi connectivity index (χ1v) is 13.2. The molecule has 3 N–H and O–H groups in total. The molecule has 0 spiro atoms. The number of hydrogen-bond donors (Lipinski definition) is 3. The highest BCUT2D eigenvalue weighted by Gasteiger charge is 2.54. The Kier molecular flexibility index (Phi) is 6.70. The van der Waals surface area contributed by atoms with Gasteiger partial charge in [-0.1, -0.05) is 39.3 Å². The number of ether oxygens (including phenoxy) is 1. The zero-order valence-corrected chi connectivity index (χ0v) is 21.5. The van der Waals surface area contributed by atoms with Gasteiger partial charge in [0, 0.05) is 12.3 Å². The third-order valence-electron chi connectivity index (χ3n) is 10.2. The molecule has 3 aliphatic carbocycles. The second-order valence-corrected chi connectivity index (χ2v) is 13.1. The summed E-state index contributed by atoms with van der Waals surface area (Å²) in [6.45, 7) is 12.8. The average Bonchev–Trinajstić information content (AvgIpc) is 2.82. The van der Waals surface area contributed by atoms with Crippen molar-refractivity contribution < 1.29 is 24.9 Å². The van der Waals surface area contributed by atoms with Crippen LogP contribution in [0.1, 0.15) is 92.9 Å². The Labute approximate surface area is 200 Å². The quantitative estimate of drug-likeness (QED) is 0.529. The molecule has 4 fully saturated rings. The van der Waals surface area contributed by atoms with Crippen molar-refractivity contribution in [3.05, 3.63) is 11.6 Å². The van der Waals surface area contributed by atoms with Crippen LogP contribution in [-0.2, 0) is 9.53 Å². The smallest absolute Gasteiger partial charge is 0.140 e. The number of rotatable bonds is 2. The third kappa shape index (κ3) is 4.37. The summed E-state index contributed by atoms with van der Waals surface area (Å²) in [5.74, 6) is 0.315. The monoisotopic (exact) mass is 462 g/mol.